The van der Waals surface area contributed by atoms with Crippen LogP contribution in [-0.2, 0) is 26.2 Å². The van der Waals surface area contributed by atoms with Crippen LogP contribution in [0.25, 0.3) is 11.5 Å². The summed E-state index contributed by atoms with van der Waals surface area (Å²) in [5.41, 5.74) is 0.555. The van der Waals surface area contributed by atoms with Gasteiger partial charge in [0.05, 0.1) is 21.4 Å². The maximum absolute atomic E-state index is 13.4. The first-order valence-corrected chi connectivity index (χ1v) is 11.8. The zero-order chi connectivity index (χ0) is 23.6. The molecule has 1 aliphatic rings. The molecular weight excluding hydrogens is 480 g/mol. The lowest BCUT2D eigenvalue weighted by molar-refractivity contribution is -0.151. The number of sulfonamides is 1. The number of aromatic nitrogens is 2. The second-order valence-electron chi connectivity index (χ2n) is 7.36. The molecule has 174 valence electrons. The molecule has 1 saturated heterocycles. The molecule has 4 rings (SSSR count). The lowest BCUT2D eigenvalue weighted by atomic mass is 9.98. The van der Waals surface area contributed by atoms with Gasteiger partial charge in [-0.05, 0) is 43.2 Å². The molecule has 12 heteroatoms. The second-order valence-corrected chi connectivity index (χ2v) is 9.70. The Labute approximate surface area is 193 Å². The van der Waals surface area contributed by atoms with Gasteiger partial charge in [0.15, 0.2) is 18.2 Å². The van der Waals surface area contributed by atoms with Crippen LogP contribution >= 0.6 is 11.6 Å². The predicted molar refractivity (Wildman–Crippen MR) is 112 cm³/mol. The number of hydrogen-bond donors (Lipinski definition) is 0. The summed E-state index contributed by atoms with van der Waals surface area (Å²) in [7, 11) is -4.00. The number of rotatable bonds is 6. The third kappa shape index (κ3) is 5.05. The first-order chi connectivity index (χ1) is 15.8. The number of halogens is 3. The van der Waals surface area contributed by atoms with E-state index in [4.69, 9.17) is 20.9 Å². The molecule has 1 aliphatic heterocycles. The van der Waals surface area contributed by atoms with E-state index in [1.807, 2.05) is 0 Å². The van der Waals surface area contributed by atoms with Gasteiger partial charge in [-0.1, -0.05) is 28.9 Å². The number of piperidine rings is 1. The van der Waals surface area contributed by atoms with Crippen LogP contribution in [0.5, 0.6) is 0 Å². The molecule has 0 N–H and O–H groups in total. The molecule has 8 nitrogen and oxygen atoms in total. The molecule has 0 saturated carbocycles. The topological polar surface area (TPSA) is 103 Å². The van der Waals surface area contributed by atoms with Crippen molar-refractivity contribution < 1.29 is 31.3 Å². The fourth-order valence-corrected chi connectivity index (χ4v) is 5.13. The number of nitrogens with zero attached hydrogens (tertiary/aromatic N) is 3. The molecule has 0 radical (unpaired) electrons. The molecule has 2 aromatic carbocycles. The third-order valence-corrected chi connectivity index (χ3v) is 7.46. The predicted octanol–water partition coefficient (Wildman–Crippen LogP) is 3.81. The van der Waals surface area contributed by atoms with E-state index >= 15 is 0 Å². The van der Waals surface area contributed by atoms with Gasteiger partial charge in [0.1, 0.15) is 0 Å². The van der Waals surface area contributed by atoms with E-state index in [0.29, 0.717) is 16.7 Å². The molecule has 1 fully saturated rings. The molecule has 0 aliphatic carbocycles. The van der Waals surface area contributed by atoms with E-state index in [1.165, 1.54) is 0 Å². The van der Waals surface area contributed by atoms with E-state index in [9.17, 15) is 22.0 Å². The quantitative estimate of drug-likeness (QED) is 0.477. The van der Waals surface area contributed by atoms with Crippen molar-refractivity contribution in [2.75, 3.05) is 13.1 Å². The molecule has 0 unspecified atom stereocenters. The Morgan fingerprint density at radius 2 is 1.88 bits per heavy atom. The zero-order valence-electron chi connectivity index (χ0n) is 17.1. The summed E-state index contributed by atoms with van der Waals surface area (Å²) in [6.07, 6.45) is 0.442. The van der Waals surface area contributed by atoms with Crippen LogP contribution < -0.4 is 0 Å². The highest BCUT2D eigenvalue weighted by Gasteiger charge is 2.33. The van der Waals surface area contributed by atoms with Crippen molar-refractivity contribution >= 4 is 27.6 Å². The average Bonchev–Trinajstić information content (AvgIpc) is 3.28. The number of esters is 1. The van der Waals surface area contributed by atoms with Gasteiger partial charge in [0.2, 0.25) is 15.8 Å². The van der Waals surface area contributed by atoms with Crippen molar-refractivity contribution in [1.29, 1.82) is 0 Å². The molecule has 3 aromatic rings. The van der Waals surface area contributed by atoms with Crippen molar-refractivity contribution in [3.63, 3.8) is 0 Å². The monoisotopic (exact) mass is 497 g/mol. The molecule has 33 heavy (non-hydrogen) atoms. The lowest BCUT2D eigenvalue weighted by Crippen LogP contribution is -2.40. The highest BCUT2D eigenvalue weighted by molar-refractivity contribution is 7.89. The second kappa shape index (κ2) is 9.54. The molecule has 1 aromatic heterocycles. The van der Waals surface area contributed by atoms with E-state index in [2.05, 4.69) is 10.1 Å². The van der Waals surface area contributed by atoms with E-state index in [1.54, 1.807) is 24.3 Å². The van der Waals surface area contributed by atoms with Crippen molar-refractivity contribution in [3.8, 4) is 11.5 Å². The van der Waals surface area contributed by atoms with Crippen LogP contribution in [-0.4, -0.2) is 41.9 Å². The average molecular weight is 498 g/mol. The Hall–Kier alpha value is -2.89. The van der Waals surface area contributed by atoms with Crippen LogP contribution in [0, 0.1) is 17.6 Å². The van der Waals surface area contributed by atoms with E-state index in [0.717, 1.165) is 16.4 Å². The summed E-state index contributed by atoms with van der Waals surface area (Å²) >= 11 is 6.10. The molecular formula is C21H18ClF2N3O5S. The minimum Gasteiger partial charge on any atom is -0.457 e. The van der Waals surface area contributed by atoms with E-state index < -0.39 is 33.5 Å². The largest absolute Gasteiger partial charge is 0.457 e. The highest BCUT2D eigenvalue weighted by atomic mass is 35.5. The van der Waals surface area contributed by atoms with Gasteiger partial charge in [0, 0.05) is 13.1 Å². The van der Waals surface area contributed by atoms with Gasteiger partial charge in [0.25, 0.3) is 5.89 Å². The first-order valence-electron chi connectivity index (χ1n) is 9.95. The normalized spacial score (nSPS) is 15.5. The molecule has 2 heterocycles. The standard InChI is InChI=1S/C21H18ClF2N3O5S/c22-16-4-2-1-3-15(16)20-25-19(26-32-20)12-31-21(28)13-7-9-27(10-8-13)33(29,30)14-5-6-17(23)18(24)11-14/h1-6,11,13H,7-10,12H2. The summed E-state index contributed by atoms with van der Waals surface area (Å²) in [6, 6.07) is 9.35. The van der Waals surface area contributed by atoms with Crippen molar-refractivity contribution in [1.82, 2.24) is 14.4 Å². The zero-order valence-corrected chi connectivity index (χ0v) is 18.7. The van der Waals surface area contributed by atoms with Gasteiger partial charge < -0.3 is 9.26 Å². The summed E-state index contributed by atoms with van der Waals surface area (Å²) in [4.78, 5) is 16.2. The summed E-state index contributed by atoms with van der Waals surface area (Å²) in [5, 5.41) is 4.21. The van der Waals surface area contributed by atoms with Gasteiger partial charge in [-0.15, -0.1) is 0 Å². The highest BCUT2D eigenvalue weighted by Crippen LogP contribution is 2.27. The summed E-state index contributed by atoms with van der Waals surface area (Å²) in [5.74, 6) is -3.04. The Morgan fingerprint density at radius 1 is 1.15 bits per heavy atom. The molecule has 0 spiro atoms. The minimum atomic E-state index is -4.00. The fraction of sp³-hybridized carbons (Fsp3) is 0.286. The fourth-order valence-electron chi connectivity index (χ4n) is 3.43. The Bertz CT molecular complexity index is 1280. The molecule has 0 atom stereocenters. The maximum atomic E-state index is 13.4. The maximum Gasteiger partial charge on any atom is 0.309 e. The van der Waals surface area contributed by atoms with Crippen LogP contribution in [0.3, 0.4) is 0 Å². The van der Waals surface area contributed by atoms with Crippen LogP contribution in [0.15, 0.2) is 51.9 Å². The minimum absolute atomic E-state index is 0.0416. The van der Waals surface area contributed by atoms with Gasteiger partial charge in [-0.2, -0.15) is 9.29 Å². The number of hydrogen-bond acceptors (Lipinski definition) is 7. The number of carbonyl (C=O) groups is 1. The van der Waals surface area contributed by atoms with Crippen molar-refractivity contribution in [2.24, 2.45) is 5.92 Å². The SMILES string of the molecule is O=C(OCc1noc(-c2ccccc2Cl)n1)C1CCN(S(=O)(=O)c2ccc(F)c(F)c2)CC1. The van der Waals surface area contributed by atoms with Gasteiger partial charge in [-0.3, -0.25) is 4.79 Å². The van der Waals surface area contributed by atoms with Crippen molar-refractivity contribution in [3.05, 3.63) is 64.9 Å². The summed E-state index contributed by atoms with van der Waals surface area (Å²) < 4.78 is 63.5. The lowest BCUT2D eigenvalue weighted by Gasteiger charge is -2.30. The van der Waals surface area contributed by atoms with Crippen LogP contribution in [0.1, 0.15) is 18.7 Å². The number of carbonyl (C=O) groups excluding carboxylic acids is 1. The molecule has 0 amide bonds. The van der Waals surface area contributed by atoms with Gasteiger partial charge >= 0.3 is 5.97 Å². The number of ether oxygens (including phenoxy) is 1. The third-order valence-electron chi connectivity index (χ3n) is 5.23. The van der Waals surface area contributed by atoms with Crippen LogP contribution in [0.4, 0.5) is 8.78 Å². The van der Waals surface area contributed by atoms with E-state index in [-0.39, 0.29) is 49.1 Å². The van der Waals surface area contributed by atoms with Crippen LogP contribution in [0.2, 0.25) is 5.02 Å². The van der Waals surface area contributed by atoms with Gasteiger partial charge in [-0.25, -0.2) is 17.2 Å². The smallest absolute Gasteiger partial charge is 0.309 e. The van der Waals surface area contributed by atoms with Crippen molar-refractivity contribution in [2.45, 2.75) is 24.3 Å². The first kappa shape index (κ1) is 23.3. The molecule has 0 bridgehead atoms. The Morgan fingerprint density at radius 3 is 2.58 bits per heavy atom. The summed E-state index contributed by atoms with van der Waals surface area (Å²) in [6.45, 7) is -0.125. The Balaban J connectivity index is 1.32. The Kier molecular flexibility index (Phi) is 6.73. The number of benzene rings is 2.